The Labute approximate surface area is 91.7 Å². The van der Waals surface area contributed by atoms with E-state index in [0.717, 1.165) is 11.1 Å². The highest BCUT2D eigenvalue weighted by molar-refractivity contribution is 5.28. The van der Waals surface area contributed by atoms with Gasteiger partial charge in [0.2, 0.25) is 0 Å². The minimum atomic E-state index is -1.18. The molecule has 0 amide bonds. The van der Waals surface area contributed by atoms with Crippen molar-refractivity contribution >= 4 is 0 Å². The molecule has 0 aliphatic heterocycles. The van der Waals surface area contributed by atoms with Crippen LogP contribution in [0.3, 0.4) is 0 Å². The predicted molar refractivity (Wildman–Crippen MR) is 60.3 cm³/mol. The van der Waals surface area contributed by atoms with Gasteiger partial charge in [0, 0.05) is 7.11 Å². The van der Waals surface area contributed by atoms with Crippen LogP contribution in [-0.2, 0) is 9.47 Å². The van der Waals surface area contributed by atoms with Crippen molar-refractivity contribution in [1.29, 1.82) is 0 Å². The third kappa shape index (κ3) is 3.56. The highest BCUT2D eigenvalue weighted by Crippen LogP contribution is 2.27. The minimum Gasteiger partial charge on any atom is -0.460 e. The van der Waals surface area contributed by atoms with E-state index in [1.54, 1.807) is 6.92 Å². The van der Waals surface area contributed by atoms with E-state index < -0.39 is 5.60 Å². The molecular weight excluding hydrogens is 192 g/mol. The molecule has 0 aromatic carbocycles. The van der Waals surface area contributed by atoms with Crippen molar-refractivity contribution in [3.05, 3.63) is 29.2 Å². The molecule has 0 aromatic rings. The Bertz CT molecular complexity index is 290. The van der Waals surface area contributed by atoms with E-state index >= 15 is 0 Å². The zero-order chi connectivity index (χ0) is 12.1. The fourth-order valence-corrected chi connectivity index (χ4v) is 1.14. The topological polar surface area (TPSA) is 38.7 Å². The molecule has 86 valence electrons. The van der Waals surface area contributed by atoms with Crippen molar-refractivity contribution < 1.29 is 14.6 Å². The SMILES string of the molecule is C=C=C(OCOC)C(C)(O)C(C)=C(C)C. The van der Waals surface area contributed by atoms with Crippen molar-refractivity contribution in [2.24, 2.45) is 0 Å². The fourth-order valence-electron chi connectivity index (χ4n) is 1.14. The quantitative estimate of drug-likeness (QED) is 0.329. The largest absolute Gasteiger partial charge is 0.460 e. The molecule has 0 rings (SSSR count). The fraction of sp³-hybridized carbons (Fsp3) is 0.583. The molecule has 0 bridgehead atoms. The summed E-state index contributed by atoms with van der Waals surface area (Å²) < 4.78 is 9.98. The van der Waals surface area contributed by atoms with E-state index in [1.807, 2.05) is 20.8 Å². The molecule has 1 unspecified atom stereocenters. The van der Waals surface area contributed by atoms with Gasteiger partial charge in [0.25, 0.3) is 0 Å². The lowest BCUT2D eigenvalue weighted by molar-refractivity contribution is -0.0349. The first-order chi connectivity index (χ1) is 6.87. The molecule has 0 saturated carbocycles. The number of ether oxygens (including phenoxy) is 2. The van der Waals surface area contributed by atoms with Crippen LogP contribution in [0.1, 0.15) is 27.7 Å². The van der Waals surface area contributed by atoms with Crippen LogP contribution in [0.4, 0.5) is 0 Å². The van der Waals surface area contributed by atoms with E-state index in [1.165, 1.54) is 7.11 Å². The summed E-state index contributed by atoms with van der Waals surface area (Å²) in [5, 5.41) is 10.3. The van der Waals surface area contributed by atoms with Gasteiger partial charge < -0.3 is 14.6 Å². The molecular formula is C12H20O3. The Morgan fingerprint density at radius 2 is 1.93 bits per heavy atom. The summed E-state index contributed by atoms with van der Waals surface area (Å²) in [6.45, 7) is 10.9. The molecule has 0 saturated heterocycles. The first-order valence-corrected chi connectivity index (χ1v) is 4.77. The molecule has 3 nitrogen and oxygen atoms in total. The maximum Gasteiger partial charge on any atom is 0.189 e. The van der Waals surface area contributed by atoms with Crippen molar-refractivity contribution in [3.63, 3.8) is 0 Å². The van der Waals surface area contributed by atoms with Crippen LogP contribution in [0.5, 0.6) is 0 Å². The molecule has 1 atom stereocenters. The molecule has 1 N–H and O–H groups in total. The van der Waals surface area contributed by atoms with Crippen LogP contribution < -0.4 is 0 Å². The third-order valence-electron chi connectivity index (χ3n) is 2.40. The van der Waals surface area contributed by atoms with Gasteiger partial charge in [0.05, 0.1) is 0 Å². The number of hydrogen-bond acceptors (Lipinski definition) is 3. The second kappa shape index (κ2) is 5.76. The van der Waals surface area contributed by atoms with Crippen molar-refractivity contribution in [1.82, 2.24) is 0 Å². The summed E-state index contributed by atoms with van der Waals surface area (Å²) in [7, 11) is 1.52. The van der Waals surface area contributed by atoms with Gasteiger partial charge in [0.1, 0.15) is 5.60 Å². The van der Waals surface area contributed by atoms with Gasteiger partial charge in [-0.1, -0.05) is 17.9 Å². The van der Waals surface area contributed by atoms with E-state index in [4.69, 9.17) is 9.47 Å². The van der Waals surface area contributed by atoms with Crippen LogP contribution in [0.2, 0.25) is 0 Å². The molecule has 0 aliphatic carbocycles. The van der Waals surface area contributed by atoms with E-state index in [9.17, 15) is 5.11 Å². The van der Waals surface area contributed by atoms with Gasteiger partial charge in [-0.05, 0) is 33.3 Å². The molecule has 0 aliphatic rings. The summed E-state index contributed by atoms with van der Waals surface area (Å²) in [5.74, 6) is 0.281. The third-order valence-corrected chi connectivity index (χ3v) is 2.40. The van der Waals surface area contributed by atoms with Crippen LogP contribution >= 0.6 is 0 Å². The molecule has 0 aromatic heterocycles. The van der Waals surface area contributed by atoms with E-state index in [0.29, 0.717) is 0 Å². The summed E-state index contributed by atoms with van der Waals surface area (Å²) in [6.07, 6.45) is 0. The van der Waals surface area contributed by atoms with Crippen molar-refractivity contribution in [2.75, 3.05) is 13.9 Å². The van der Waals surface area contributed by atoms with E-state index in [-0.39, 0.29) is 12.6 Å². The lowest BCUT2D eigenvalue weighted by atomic mass is 9.92. The first-order valence-electron chi connectivity index (χ1n) is 4.77. The Morgan fingerprint density at radius 3 is 2.27 bits per heavy atom. The van der Waals surface area contributed by atoms with Crippen LogP contribution in [0.25, 0.3) is 0 Å². The average molecular weight is 212 g/mol. The van der Waals surface area contributed by atoms with Gasteiger partial charge in [0.15, 0.2) is 12.6 Å². The van der Waals surface area contributed by atoms with Crippen molar-refractivity contribution in [3.8, 4) is 0 Å². The second-order valence-corrected chi connectivity index (χ2v) is 3.75. The smallest absolute Gasteiger partial charge is 0.189 e. The van der Waals surface area contributed by atoms with Crippen molar-refractivity contribution in [2.45, 2.75) is 33.3 Å². The minimum absolute atomic E-state index is 0.0735. The Balaban J connectivity index is 5.00. The molecule has 0 heterocycles. The Kier molecular flexibility index (Phi) is 5.37. The summed E-state index contributed by atoms with van der Waals surface area (Å²) in [5.41, 5.74) is 3.27. The zero-order valence-electron chi connectivity index (χ0n) is 10.2. The van der Waals surface area contributed by atoms with Crippen LogP contribution in [0, 0.1) is 0 Å². The Morgan fingerprint density at radius 1 is 1.40 bits per heavy atom. The number of methoxy groups -OCH3 is 1. The summed E-state index contributed by atoms with van der Waals surface area (Å²) in [6, 6.07) is 0. The molecule has 15 heavy (non-hydrogen) atoms. The maximum atomic E-state index is 10.3. The lowest BCUT2D eigenvalue weighted by Gasteiger charge is -2.27. The highest BCUT2D eigenvalue weighted by Gasteiger charge is 2.30. The van der Waals surface area contributed by atoms with Crippen LogP contribution in [-0.4, -0.2) is 24.6 Å². The normalized spacial score (nSPS) is 13.7. The summed E-state index contributed by atoms with van der Waals surface area (Å²) in [4.78, 5) is 0. The number of allylic oxidation sites excluding steroid dienone is 1. The monoisotopic (exact) mass is 212 g/mol. The van der Waals surface area contributed by atoms with Gasteiger partial charge in [-0.25, -0.2) is 0 Å². The summed E-state index contributed by atoms with van der Waals surface area (Å²) >= 11 is 0. The standard InChI is InChI=1S/C12H20O3/c1-7-11(15-8-14-6)12(5,13)10(4)9(2)3/h13H,1,8H2,2-6H3. The first kappa shape index (κ1) is 14.0. The van der Waals surface area contributed by atoms with Gasteiger partial charge in [-0.15, -0.1) is 0 Å². The van der Waals surface area contributed by atoms with Gasteiger partial charge in [-0.3, -0.25) is 0 Å². The lowest BCUT2D eigenvalue weighted by Crippen LogP contribution is -2.30. The van der Waals surface area contributed by atoms with Crippen LogP contribution in [0.15, 0.2) is 29.2 Å². The van der Waals surface area contributed by atoms with E-state index in [2.05, 4.69) is 12.3 Å². The molecule has 0 radical (unpaired) electrons. The number of rotatable bonds is 5. The van der Waals surface area contributed by atoms with Gasteiger partial charge >= 0.3 is 0 Å². The average Bonchev–Trinajstić information content (AvgIpc) is 2.17. The molecule has 3 heteroatoms. The molecule has 0 fully saturated rings. The maximum absolute atomic E-state index is 10.3. The zero-order valence-corrected chi connectivity index (χ0v) is 10.2. The predicted octanol–water partition coefficient (Wildman–Crippen LogP) is 2.38. The second-order valence-electron chi connectivity index (χ2n) is 3.75. The Hall–Kier alpha value is -1.02. The molecule has 0 spiro atoms. The highest BCUT2D eigenvalue weighted by atomic mass is 16.7. The number of aliphatic hydroxyl groups is 1. The van der Waals surface area contributed by atoms with Gasteiger partial charge in [-0.2, -0.15) is 0 Å². The number of hydrogen-bond donors (Lipinski definition) is 1.